The number of carbonyl (C=O) groups is 2. The topological polar surface area (TPSA) is 67.2 Å². The van der Waals surface area contributed by atoms with Crippen LogP contribution in [0.2, 0.25) is 0 Å². The van der Waals surface area contributed by atoms with E-state index < -0.39 is 23.8 Å². The zero-order valence-corrected chi connectivity index (χ0v) is 19.1. The second-order valence-electron chi connectivity index (χ2n) is 9.27. The number of fused-ring (bicyclic) bond motifs is 3. The molecule has 184 valence electrons. The molecule has 3 aromatic rings. The summed E-state index contributed by atoms with van der Waals surface area (Å²) in [5, 5.41) is 2.71. The number of aromatic nitrogens is 2. The summed E-state index contributed by atoms with van der Waals surface area (Å²) in [5.74, 6) is -0.338. The van der Waals surface area contributed by atoms with Crippen molar-refractivity contribution in [3.8, 4) is 0 Å². The number of nitrogens with one attached hydrogen (secondary N) is 1. The number of imidazole rings is 1. The molecule has 2 aromatic carbocycles. The van der Waals surface area contributed by atoms with Gasteiger partial charge < -0.3 is 14.8 Å². The lowest BCUT2D eigenvalue weighted by molar-refractivity contribution is -0.135. The highest BCUT2D eigenvalue weighted by molar-refractivity contribution is 6.10. The van der Waals surface area contributed by atoms with Gasteiger partial charge in [-0.05, 0) is 54.7 Å². The Hall–Kier alpha value is -3.43. The first-order valence-electron chi connectivity index (χ1n) is 11.5. The Bertz CT molecular complexity index is 1330. The van der Waals surface area contributed by atoms with Gasteiger partial charge >= 0.3 is 6.18 Å². The molecule has 35 heavy (non-hydrogen) atoms. The summed E-state index contributed by atoms with van der Waals surface area (Å²) in [4.78, 5) is 30.7. The maximum absolute atomic E-state index is 14.1. The van der Waals surface area contributed by atoms with Crippen molar-refractivity contribution in [3.63, 3.8) is 0 Å². The molecule has 1 aromatic heterocycles. The highest BCUT2D eigenvalue weighted by Gasteiger charge is 2.59. The Labute approximate surface area is 198 Å². The highest BCUT2D eigenvalue weighted by atomic mass is 19.4. The van der Waals surface area contributed by atoms with Crippen molar-refractivity contribution in [1.29, 1.82) is 0 Å². The zero-order valence-electron chi connectivity index (χ0n) is 19.1. The number of anilines is 1. The van der Waals surface area contributed by atoms with Gasteiger partial charge in [-0.25, -0.2) is 9.37 Å². The van der Waals surface area contributed by atoms with Gasteiger partial charge in [0.05, 0.1) is 28.7 Å². The molecule has 1 aliphatic carbocycles. The molecule has 5 rings (SSSR count). The van der Waals surface area contributed by atoms with E-state index in [0.717, 1.165) is 11.1 Å². The number of carbonyl (C=O) groups excluding carboxylic acids is 2. The molecule has 2 heterocycles. The normalized spacial score (nSPS) is 16.3. The molecular weight excluding hydrogens is 464 g/mol. The molecule has 10 heteroatoms. The summed E-state index contributed by atoms with van der Waals surface area (Å²) in [6.45, 7) is 1.80. The maximum atomic E-state index is 14.1. The van der Waals surface area contributed by atoms with E-state index in [1.165, 1.54) is 24.0 Å². The summed E-state index contributed by atoms with van der Waals surface area (Å²) in [6.07, 6.45) is -3.97. The van der Waals surface area contributed by atoms with Gasteiger partial charge in [0.25, 0.3) is 0 Å². The van der Waals surface area contributed by atoms with Crippen LogP contribution in [0.15, 0.2) is 36.4 Å². The molecule has 0 unspecified atom stereocenters. The van der Waals surface area contributed by atoms with Gasteiger partial charge in [-0.15, -0.1) is 0 Å². The second-order valence-corrected chi connectivity index (χ2v) is 9.27. The standard InChI is InChI=1S/C25H24F4N4O2/c1-15(34)30-13-16-3-6-20-19(11-16)31-22(32(20)10-2-7-25(27,28)29)14-33-21-12-17(26)4-5-18(21)24(8-9-24)23(33)35/h3-6,11-12H,2,7-10,13-14H2,1H3,(H,30,34). The monoisotopic (exact) mass is 488 g/mol. The molecular formula is C25H24F4N4O2. The summed E-state index contributed by atoms with van der Waals surface area (Å²) in [7, 11) is 0. The van der Waals surface area contributed by atoms with E-state index in [1.807, 2.05) is 0 Å². The van der Waals surface area contributed by atoms with Crippen LogP contribution in [-0.2, 0) is 34.6 Å². The molecule has 1 N–H and O–H groups in total. The second kappa shape index (κ2) is 8.35. The maximum Gasteiger partial charge on any atom is 0.389 e. The summed E-state index contributed by atoms with van der Waals surface area (Å²) in [6, 6.07) is 9.65. The molecule has 0 radical (unpaired) electrons. The molecule has 1 fully saturated rings. The summed E-state index contributed by atoms with van der Waals surface area (Å²) in [5.41, 5.74) is 2.65. The largest absolute Gasteiger partial charge is 0.389 e. The fraction of sp³-hybridized carbons (Fsp3) is 0.400. The number of rotatable bonds is 7. The fourth-order valence-corrected chi connectivity index (χ4v) is 4.89. The molecule has 2 aliphatic rings. The van der Waals surface area contributed by atoms with Crippen molar-refractivity contribution >= 4 is 28.5 Å². The first kappa shape index (κ1) is 23.3. The number of nitrogens with zero attached hydrogens (tertiary/aromatic N) is 3. The van der Waals surface area contributed by atoms with Crippen LogP contribution in [0, 0.1) is 5.82 Å². The Morgan fingerprint density at radius 1 is 1.17 bits per heavy atom. The molecule has 6 nitrogen and oxygen atoms in total. The van der Waals surface area contributed by atoms with Crippen LogP contribution in [0.25, 0.3) is 11.0 Å². The van der Waals surface area contributed by atoms with Gasteiger partial charge in [0.15, 0.2) is 0 Å². The van der Waals surface area contributed by atoms with Crippen molar-refractivity contribution in [2.75, 3.05) is 4.90 Å². The molecule has 0 atom stereocenters. The van der Waals surface area contributed by atoms with E-state index >= 15 is 0 Å². The number of hydrogen-bond acceptors (Lipinski definition) is 3. The van der Waals surface area contributed by atoms with Gasteiger partial charge in [-0.1, -0.05) is 12.1 Å². The Morgan fingerprint density at radius 2 is 1.94 bits per heavy atom. The van der Waals surface area contributed by atoms with E-state index in [4.69, 9.17) is 0 Å². The van der Waals surface area contributed by atoms with Crippen LogP contribution in [0.1, 0.15) is 49.6 Å². The SMILES string of the molecule is CC(=O)NCc1ccc2c(c1)nc(CN1C(=O)C3(CC3)c3ccc(F)cc31)n2CCCC(F)(F)F. The Morgan fingerprint density at radius 3 is 2.63 bits per heavy atom. The minimum atomic E-state index is -4.28. The third-order valence-electron chi connectivity index (χ3n) is 6.75. The lowest BCUT2D eigenvalue weighted by Gasteiger charge is -2.19. The van der Waals surface area contributed by atoms with E-state index in [1.54, 1.807) is 28.8 Å². The summed E-state index contributed by atoms with van der Waals surface area (Å²) >= 11 is 0. The van der Waals surface area contributed by atoms with Crippen LogP contribution in [0.4, 0.5) is 23.2 Å². The molecule has 2 amide bonds. The molecule has 1 saturated carbocycles. The van der Waals surface area contributed by atoms with Gasteiger partial charge in [0.2, 0.25) is 11.8 Å². The average molecular weight is 488 g/mol. The average Bonchev–Trinajstić information content (AvgIpc) is 3.47. The number of aryl methyl sites for hydroxylation is 1. The van der Waals surface area contributed by atoms with Gasteiger partial charge in [0.1, 0.15) is 11.6 Å². The number of alkyl halides is 3. The third kappa shape index (κ3) is 4.37. The van der Waals surface area contributed by atoms with Crippen molar-refractivity contribution < 1.29 is 27.2 Å². The lowest BCUT2D eigenvalue weighted by Crippen LogP contribution is -2.32. The Balaban J connectivity index is 1.50. The van der Waals surface area contributed by atoms with Crippen LogP contribution in [0.5, 0.6) is 0 Å². The van der Waals surface area contributed by atoms with Crippen LogP contribution < -0.4 is 10.2 Å². The van der Waals surface area contributed by atoms with Crippen LogP contribution in [-0.4, -0.2) is 27.5 Å². The van der Waals surface area contributed by atoms with E-state index in [9.17, 15) is 27.2 Å². The van der Waals surface area contributed by atoms with E-state index in [-0.39, 0.29) is 31.3 Å². The number of hydrogen-bond donors (Lipinski definition) is 1. The lowest BCUT2D eigenvalue weighted by atomic mass is 9.98. The van der Waals surface area contributed by atoms with Crippen molar-refractivity contribution in [1.82, 2.24) is 14.9 Å². The minimum absolute atomic E-state index is 0.0266. The van der Waals surface area contributed by atoms with Crippen LogP contribution in [0.3, 0.4) is 0 Å². The Kier molecular flexibility index (Phi) is 5.56. The van der Waals surface area contributed by atoms with E-state index in [0.29, 0.717) is 41.9 Å². The smallest absolute Gasteiger partial charge is 0.352 e. The van der Waals surface area contributed by atoms with Crippen molar-refractivity contribution in [2.24, 2.45) is 0 Å². The summed E-state index contributed by atoms with van der Waals surface area (Å²) < 4.78 is 54.3. The van der Waals surface area contributed by atoms with Crippen LogP contribution >= 0.6 is 0 Å². The number of halogens is 4. The first-order chi connectivity index (χ1) is 16.6. The molecule has 0 bridgehead atoms. The zero-order chi connectivity index (χ0) is 25.0. The minimum Gasteiger partial charge on any atom is -0.352 e. The number of benzene rings is 2. The molecule has 0 saturated heterocycles. The van der Waals surface area contributed by atoms with E-state index in [2.05, 4.69) is 10.3 Å². The number of amides is 2. The van der Waals surface area contributed by atoms with Gasteiger partial charge in [-0.2, -0.15) is 13.2 Å². The predicted octanol–water partition coefficient (Wildman–Crippen LogP) is 4.73. The first-order valence-corrected chi connectivity index (χ1v) is 11.5. The third-order valence-corrected chi connectivity index (χ3v) is 6.75. The van der Waals surface area contributed by atoms with Crippen molar-refractivity contribution in [2.45, 2.75) is 63.8 Å². The fourth-order valence-electron chi connectivity index (χ4n) is 4.89. The predicted molar refractivity (Wildman–Crippen MR) is 121 cm³/mol. The molecule has 1 spiro atoms. The van der Waals surface area contributed by atoms with Gasteiger partial charge in [0, 0.05) is 26.4 Å². The quantitative estimate of drug-likeness (QED) is 0.489. The van der Waals surface area contributed by atoms with Gasteiger partial charge in [-0.3, -0.25) is 9.59 Å². The van der Waals surface area contributed by atoms with Crippen molar-refractivity contribution in [3.05, 3.63) is 59.2 Å². The highest BCUT2D eigenvalue weighted by Crippen LogP contribution is 2.57. The molecule has 1 aliphatic heterocycles.